The van der Waals surface area contributed by atoms with Crippen molar-refractivity contribution in [3.05, 3.63) is 52.5 Å². The molecule has 0 radical (unpaired) electrons. The zero-order valence-electron chi connectivity index (χ0n) is 11.6. The Kier molecular flexibility index (Phi) is 2.89. The van der Waals surface area contributed by atoms with Gasteiger partial charge in [0.1, 0.15) is 5.82 Å². The third-order valence-corrected chi connectivity index (χ3v) is 4.52. The number of nitrogens with zero attached hydrogens (tertiary/aromatic N) is 2. The molecule has 4 nitrogen and oxygen atoms in total. The summed E-state index contributed by atoms with van der Waals surface area (Å²) < 4.78 is 15.2. The summed E-state index contributed by atoms with van der Waals surface area (Å²) in [6, 6.07) is 5.18. The van der Waals surface area contributed by atoms with Gasteiger partial charge in [0.15, 0.2) is 0 Å². The fourth-order valence-corrected chi connectivity index (χ4v) is 3.57. The summed E-state index contributed by atoms with van der Waals surface area (Å²) in [5.74, 6) is 0.496. The minimum Gasteiger partial charge on any atom is -0.316 e. The average molecular weight is 285 g/mol. The molecule has 1 fully saturated rings. The number of fused-ring (bicyclic) bond motifs is 4. The molecule has 2 aromatic heterocycles. The first kappa shape index (κ1) is 12.7. The third kappa shape index (κ3) is 2.08. The van der Waals surface area contributed by atoms with Crippen molar-refractivity contribution < 1.29 is 4.39 Å². The van der Waals surface area contributed by atoms with Gasteiger partial charge in [-0.25, -0.2) is 4.39 Å². The quantitative estimate of drug-likeness (QED) is 0.868. The molecule has 2 bridgehead atoms. The molecular weight excluding hydrogens is 269 g/mol. The topological polar surface area (TPSA) is 46.9 Å². The Morgan fingerprint density at radius 1 is 1.29 bits per heavy atom. The molecule has 0 aliphatic carbocycles. The molecule has 1 saturated heterocycles. The molecule has 2 atom stereocenters. The monoisotopic (exact) mass is 285 g/mol. The number of halogens is 1. The Morgan fingerprint density at radius 2 is 2.19 bits per heavy atom. The lowest BCUT2D eigenvalue weighted by Gasteiger charge is -2.37. The molecule has 4 rings (SSSR count). The number of aromatic nitrogens is 2. The Balaban J connectivity index is 1.86. The van der Waals surface area contributed by atoms with Crippen LogP contribution in [-0.4, -0.2) is 22.6 Å². The largest absolute Gasteiger partial charge is 0.316 e. The highest BCUT2D eigenvalue weighted by molar-refractivity contribution is 5.61. The van der Waals surface area contributed by atoms with Crippen molar-refractivity contribution in [1.82, 2.24) is 14.9 Å². The van der Waals surface area contributed by atoms with E-state index in [2.05, 4.69) is 10.3 Å². The smallest absolute Gasteiger partial charge is 0.258 e. The lowest BCUT2D eigenvalue weighted by molar-refractivity contribution is 0.257. The fraction of sp³-hybridized carbons (Fsp3) is 0.375. The Morgan fingerprint density at radius 3 is 3.05 bits per heavy atom. The number of nitrogens with one attached hydrogen (secondary N) is 1. The van der Waals surface area contributed by atoms with Gasteiger partial charge in [-0.2, -0.15) is 0 Å². The van der Waals surface area contributed by atoms with Crippen molar-refractivity contribution in [2.24, 2.45) is 5.92 Å². The summed E-state index contributed by atoms with van der Waals surface area (Å²) in [6.45, 7) is 2.64. The van der Waals surface area contributed by atoms with Crippen LogP contribution < -0.4 is 10.9 Å². The molecule has 5 heteroatoms. The lowest BCUT2D eigenvalue weighted by Crippen LogP contribution is -2.45. The molecule has 0 spiro atoms. The van der Waals surface area contributed by atoms with E-state index in [4.69, 9.17) is 0 Å². The molecule has 2 unspecified atom stereocenters. The summed E-state index contributed by atoms with van der Waals surface area (Å²) in [4.78, 5) is 16.6. The van der Waals surface area contributed by atoms with Gasteiger partial charge in [0, 0.05) is 42.0 Å². The van der Waals surface area contributed by atoms with Gasteiger partial charge in [0.2, 0.25) is 0 Å². The standard InChI is InChI=1S/C16H16FN3O/c17-13-4-11(6-19-8-13)14-1-2-15-12-3-10(5-18-7-12)9-20(15)16(14)21/h1-2,4,6,8,10,12,18H,3,5,7,9H2. The van der Waals surface area contributed by atoms with Crippen molar-refractivity contribution in [3.8, 4) is 11.1 Å². The van der Waals surface area contributed by atoms with Crippen LogP contribution in [0.5, 0.6) is 0 Å². The van der Waals surface area contributed by atoms with Crippen LogP contribution in [0.3, 0.4) is 0 Å². The molecule has 1 N–H and O–H groups in total. The van der Waals surface area contributed by atoms with Crippen LogP contribution in [-0.2, 0) is 6.54 Å². The van der Waals surface area contributed by atoms with Crippen molar-refractivity contribution in [1.29, 1.82) is 0 Å². The SMILES string of the molecule is O=c1c(-c2cncc(F)c2)ccc2n1CC1CNCC2C1. The van der Waals surface area contributed by atoms with E-state index in [1.54, 1.807) is 6.07 Å². The van der Waals surface area contributed by atoms with Crippen molar-refractivity contribution in [2.75, 3.05) is 13.1 Å². The van der Waals surface area contributed by atoms with Crippen LogP contribution in [0.2, 0.25) is 0 Å². The maximum atomic E-state index is 13.3. The summed E-state index contributed by atoms with van der Waals surface area (Å²) in [5, 5.41) is 3.43. The van der Waals surface area contributed by atoms with Crippen LogP contribution in [0.4, 0.5) is 4.39 Å². The molecule has 0 amide bonds. The first-order valence-corrected chi connectivity index (χ1v) is 7.28. The van der Waals surface area contributed by atoms with Gasteiger partial charge in [0.05, 0.1) is 6.20 Å². The summed E-state index contributed by atoms with van der Waals surface area (Å²) in [7, 11) is 0. The molecule has 108 valence electrons. The molecular formula is C16H16FN3O. The predicted molar refractivity (Wildman–Crippen MR) is 77.6 cm³/mol. The van der Waals surface area contributed by atoms with E-state index in [0.29, 0.717) is 23.0 Å². The van der Waals surface area contributed by atoms with Crippen molar-refractivity contribution in [3.63, 3.8) is 0 Å². The van der Waals surface area contributed by atoms with Gasteiger partial charge in [-0.05, 0) is 37.1 Å². The highest BCUT2D eigenvalue weighted by Gasteiger charge is 2.31. The van der Waals surface area contributed by atoms with Crippen LogP contribution in [0.1, 0.15) is 18.0 Å². The molecule has 2 aliphatic heterocycles. The number of hydrogen-bond acceptors (Lipinski definition) is 3. The van der Waals surface area contributed by atoms with Crippen LogP contribution in [0.25, 0.3) is 11.1 Å². The van der Waals surface area contributed by atoms with Crippen molar-refractivity contribution in [2.45, 2.75) is 18.9 Å². The highest BCUT2D eigenvalue weighted by Crippen LogP contribution is 2.32. The average Bonchev–Trinajstić information content (AvgIpc) is 2.49. The highest BCUT2D eigenvalue weighted by atomic mass is 19.1. The zero-order valence-corrected chi connectivity index (χ0v) is 11.6. The van der Waals surface area contributed by atoms with Crippen LogP contribution >= 0.6 is 0 Å². The van der Waals surface area contributed by atoms with Crippen LogP contribution in [0.15, 0.2) is 35.4 Å². The summed E-state index contributed by atoms with van der Waals surface area (Å²) >= 11 is 0. The normalized spacial score (nSPS) is 23.7. The van der Waals surface area contributed by atoms with Crippen LogP contribution in [0, 0.1) is 11.7 Å². The summed E-state index contributed by atoms with van der Waals surface area (Å²) in [6.07, 6.45) is 3.83. The van der Waals surface area contributed by atoms with Gasteiger partial charge >= 0.3 is 0 Å². The molecule has 2 aliphatic rings. The molecule has 2 aromatic rings. The van der Waals surface area contributed by atoms with Gasteiger partial charge in [0.25, 0.3) is 5.56 Å². The molecule has 4 heterocycles. The first-order valence-electron chi connectivity index (χ1n) is 7.28. The van der Waals surface area contributed by atoms with E-state index in [1.807, 2.05) is 10.6 Å². The number of pyridine rings is 2. The minimum absolute atomic E-state index is 0.0310. The van der Waals surface area contributed by atoms with Gasteiger partial charge in [-0.15, -0.1) is 0 Å². The van der Waals surface area contributed by atoms with E-state index in [1.165, 1.54) is 12.3 Å². The maximum absolute atomic E-state index is 13.3. The van der Waals surface area contributed by atoms with Crippen molar-refractivity contribution >= 4 is 0 Å². The fourth-order valence-electron chi connectivity index (χ4n) is 3.57. The minimum atomic E-state index is -0.421. The second-order valence-corrected chi connectivity index (χ2v) is 5.94. The predicted octanol–water partition coefficient (Wildman–Crippen LogP) is 1.76. The maximum Gasteiger partial charge on any atom is 0.258 e. The second kappa shape index (κ2) is 4.77. The Hall–Kier alpha value is -2.01. The second-order valence-electron chi connectivity index (χ2n) is 5.94. The molecule has 0 aromatic carbocycles. The summed E-state index contributed by atoms with van der Waals surface area (Å²) in [5.41, 5.74) is 2.14. The number of hydrogen-bond donors (Lipinski definition) is 1. The first-order chi connectivity index (χ1) is 10.2. The van der Waals surface area contributed by atoms with E-state index < -0.39 is 5.82 Å². The third-order valence-electron chi connectivity index (χ3n) is 4.52. The van der Waals surface area contributed by atoms with E-state index in [0.717, 1.165) is 37.9 Å². The number of piperidine rings is 1. The van der Waals surface area contributed by atoms with E-state index >= 15 is 0 Å². The van der Waals surface area contributed by atoms with Gasteiger partial charge in [-0.1, -0.05) is 0 Å². The van der Waals surface area contributed by atoms with E-state index in [-0.39, 0.29) is 5.56 Å². The lowest BCUT2D eigenvalue weighted by atomic mass is 9.84. The van der Waals surface area contributed by atoms with Gasteiger partial charge < -0.3 is 9.88 Å². The zero-order chi connectivity index (χ0) is 14.4. The molecule has 0 saturated carbocycles. The Bertz CT molecular complexity index is 755. The van der Waals surface area contributed by atoms with Gasteiger partial charge in [-0.3, -0.25) is 9.78 Å². The number of rotatable bonds is 1. The molecule has 21 heavy (non-hydrogen) atoms. The van der Waals surface area contributed by atoms with E-state index in [9.17, 15) is 9.18 Å². The Labute approximate surface area is 121 Å².